The second-order valence-corrected chi connectivity index (χ2v) is 8.70. The summed E-state index contributed by atoms with van der Waals surface area (Å²) in [5.74, 6) is -0.139. The largest absolute Gasteiger partial charge is 0.697 e. The molecule has 2 aromatic rings. The molecule has 3 unspecified atom stereocenters. The number of aliphatic hydroxyl groups is 4. The maximum atomic E-state index is 12.2. The SMILES string of the molecule is [B][C@@H]1O[C@H](CO[P+](=O)OC[C@H]2O[C@@H]([n+]3cn(C)c4c(=O)[nH]c(N)nc43)C(O)[C@H]2O)[C@H](O)C1O. The van der Waals surface area contributed by atoms with Crippen LogP contribution in [0.1, 0.15) is 6.23 Å². The van der Waals surface area contributed by atoms with Gasteiger partial charge < -0.3 is 35.6 Å². The molecule has 0 saturated carbocycles. The zero-order chi connectivity index (χ0) is 24.0. The van der Waals surface area contributed by atoms with Crippen LogP contribution in [0.2, 0.25) is 0 Å². The van der Waals surface area contributed by atoms with Crippen LogP contribution in [-0.2, 0) is 30.1 Å². The highest BCUT2D eigenvalue weighted by molar-refractivity contribution is 7.33. The van der Waals surface area contributed by atoms with Crippen molar-refractivity contribution in [3.63, 3.8) is 0 Å². The summed E-state index contributed by atoms with van der Waals surface area (Å²) in [6, 6.07) is -1.10. The van der Waals surface area contributed by atoms with Gasteiger partial charge in [-0.2, -0.15) is 0 Å². The number of nitrogen functional groups attached to an aromatic ring is 1. The van der Waals surface area contributed by atoms with E-state index in [4.69, 9.17) is 32.1 Å². The number of ether oxygens (including phenoxy) is 2. The van der Waals surface area contributed by atoms with Gasteiger partial charge in [0.25, 0.3) is 11.5 Å². The number of fused-ring (bicyclic) bond motifs is 1. The third-order valence-corrected chi connectivity index (χ3v) is 6.21. The number of nitrogens with zero attached hydrogens (tertiary/aromatic N) is 3. The van der Waals surface area contributed by atoms with Gasteiger partial charge in [-0.15, -0.1) is 9.05 Å². The number of imidazole rings is 1. The van der Waals surface area contributed by atoms with Crippen LogP contribution >= 0.6 is 8.25 Å². The quantitative estimate of drug-likeness (QED) is 0.125. The highest BCUT2D eigenvalue weighted by Crippen LogP contribution is 2.32. The van der Waals surface area contributed by atoms with Crippen LogP contribution in [0, 0.1) is 0 Å². The van der Waals surface area contributed by atoms with Gasteiger partial charge in [0.05, 0.1) is 13.2 Å². The van der Waals surface area contributed by atoms with Crippen LogP contribution < -0.4 is 15.9 Å². The fourth-order valence-corrected chi connectivity index (χ4v) is 4.38. The summed E-state index contributed by atoms with van der Waals surface area (Å²) in [6.07, 6.45) is -7.26. The van der Waals surface area contributed by atoms with Crippen molar-refractivity contribution in [3.8, 4) is 0 Å². The Bertz CT molecular complexity index is 1100. The van der Waals surface area contributed by atoms with Crippen molar-refractivity contribution < 1.29 is 48.1 Å². The minimum absolute atomic E-state index is 0.126. The predicted octanol–water partition coefficient (Wildman–Crippen LogP) is -3.94. The van der Waals surface area contributed by atoms with E-state index in [9.17, 15) is 29.8 Å². The lowest BCUT2D eigenvalue weighted by atomic mass is 9.93. The van der Waals surface area contributed by atoms with Gasteiger partial charge in [-0.05, 0) is 0 Å². The first-order chi connectivity index (χ1) is 15.6. The number of hydrogen-bond acceptors (Lipinski definition) is 12. The van der Waals surface area contributed by atoms with E-state index in [1.165, 1.54) is 15.5 Å². The fourth-order valence-electron chi connectivity index (χ4n) is 3.77. The molecule has 0 aromatic carbocycles. The number of aliphatic hydroxyl groups excluding tert-OH is 4. The zero-order valence-corrected chi connectivity index (χ0v) is 18.2. The number of aryl methyl sites for hydroxylation is 1. The van der Waals surface area contributed by atoms with Crippen molar-refractivity contribution in [3.05, 3.63) is 16.7 Å². The van der Waals surface area contributed by atoms with Gasteiger partial charge in [-0.25, -0.2) is 4.57 Å². The molecule has 2 saturated heterocycles. The summed E-state index contributed by atoms with van der Waals surface area (Å²) in [5, 5.41) is 40.2. The summed E-state index contributed by atoms with van der Waals surface area (Å²) >= 11 is 0. The van der Waals surface area contributed by atoms with Crippen LogP contribution in [-0.4, -0.2) is 98.6 Å². The number of rotatable bonds is 7. The Morgan fingerprint density at radius 1 is 1.18 bits per heavy atom. The molecule has 4 rings (SSSR count). The molecule has 0 aliphatic carbocycles. The van der Waals surface area contributed by atoms with Gasteiger partial charge in [-0.3, -0.25) is 14.3 Å². The normalized spacial score (nSPS) is 34.9. The van der Waals surface area contributed by atoms with E-state index < -0.39 is 69.3 Å². The molecule has 0 spiro atoms. The molecule has 9 atom stereocenters. The van der Waals surface area contributed by atoms with Crippen molar-refractivity contribution >= 4 is 33.2 Å². The maximum Gasteiger partial charge on any atom is 0.697 e. The molecule has 4 heterocycles. The van der Waals surface area contributed by atoms with E-state index in [0.29, 0.717) is 0 Å². The molecule has 2 fully saturated rings. The maximum absolute atomic E-state index is 12.2. The highest BCUT2D eigenvalue weighted by Gasteiger charge is 2.48. The molecule has 2 aliphatic rings. The Morgan fingerprint density at radius 3 is 2.39 bits per heavy atom. The average molecular weight is 487 g/mol. The Labute approximate surface area is 188 Å². The van der Waals surface area contributed by atoms with Gasteiger partial charge in [0.1, 0.15) is 51.6 Å². The van der Waals surface area contributed by atoms with E-state index in [1.807, 2.05) is 0 Å². The van der Waals surface area contributed by atoms with Crippen molar-refractivity contribution in [1.29, 1.82) is 0 Å². The molecule has 2 aromatic heterocycles. The Kier molecular flexibility index (Phi) is 6.82. The van der Waals surface area contributed by atoms with E-state index in [-0.39, 0.29) is 23.7 Å². The third-order valence-electron chi connectivity index (χ3n) is 5.49. The van der Waals surface area contributed by atoms with Crippen LogP contribution in [0.3, 0.4) is 0 Å². The Morgan fingerprint density at radius 2 is 1.79 bits per heavy atom. The molecule has 0 amide bonds. The number of nitrogens with two attached hydrogens (primary N) is 1. The van der Waals surface area contributed by atoms with E-state index in [1.54, 1.807) is 7.05 Å². The van der Waals surface area contributed by atoms with Crippen molar-refractivity contribution in [1.82, 2.24) is 14.5 Å². The number of hydrogen-bond donors (Lipinski definition) is 6. The first-order valence-electron chi connectivity index (χ1n) is 9.86. The van der Waals surface area contributed by atoms with Crippen LogP contribution in [0.25, 0.3) is 11.2 Å². The van der Waals surface area contributed by atoms with Gasteiger partial charge in [0, 0.05) is 10.6 Å². The Balaban J connectivity index is 1.38. The molecule has 178 valence electrons. The first kappa shape index (κ1) is 24.1. The minimum atomic E-state index is -2.72. The van der Waals surface area contributed by atoms with E-state index >= 15 is 0 Å². The van der Waals surface area contributed by atoms with Gasteiger partial charge in [-0.1, -0.05) is 4.98 Å². The van der Waals surface area contributed by atoms with Crippen molar-refractivity contribution in [2.45, 2.75) is 48.9 Å². The molecule has 2 radical (unpaired) electrons. The summed E-state index contributed by atoms with van der Waals surface area (Å²) in [7, 11) is 4.32. The number of aromatic nitrogens is 4. The lowest BCUT2D eigenvalue weighted by Gasteiger charge is -2.11. The summed E-state index contributed by atoms with van der Waals surface area (Å²) in [6.45, 7) is -0.782. The van der Waals surface area contributed by atoms with Gasteiger partial charge in [0.15, 0.2) is 6.33 Å². The molecule has 2 aliphatic heterocycles. The van der Waals surface area contributed by atoms with Crippen molar-refractivity contribution in [2.24, 2.45) is 7.05 Å². The average Bonchev–Trinajstić information content (AvgIpc) is 3.32. The number of nitrogens with one attached hydrogen (secondary N) is 1. The second-order valence-electron chi connectivity index (χ2n) is 7.74. The second kappa shape index (κ2) is 9.33. The van der Waals surface area contributed by atoms with Crippen molar-refractivity contribution in [2.75, 3.05) is 18.9 Å². The van der Waals surface area contributed by atoms with Crippen LogP contribution in [0.5, 0.6) is 0 Å². The molecular weight excluding hydrogens is 464 g/mol. The van der Waals surface area contributed by atoms with Gasteiger partial charge in [0.2, 0.25) is 11.7 Å². The third kappa shape index (κ3) is 4.54. The molecule has 7 N–H and O–H groups in total. The van der Waals surface area contributed by atoms with Gasteiger partial charge >= 0.3 is 13.9 Å². The minimum Gasteiger partial charge on any atom is -0.388 e. The highest BCUT2D eigenvalue weighted by atomic mass is 31.1. The van der Waals surface area contributed by atoms with E-state index in [2.05, 4.69) is 9.97 Å². The summed E-state index contributed by atoms with van der Waals surface area (Å²) in [4.78, 5) is 18.6. The van der Waals surface area contributed by atoms with E-state index in [0.717, 1.165) is 0 Å². The predicted molar refractivity (Wildman–Crippen MR) is 108 cm³/mol. The zero-order valence-electron chi connectivity index (χ0n) is 17.3. The van der Waals surface area contributed by atoms with Crippen LogP contribution in [0.15, 0.2) is 11.1 Å². The first-order valence-corrected chi connectivity index (χ1v) is 11.0. The monoisotopic (exact) mass is 487 g/mol. The summed E-state index contributed by atoms with van der Waals surface area (Å²) < 4.78 is 35.6. The Hall–Kier alpha value is -2.01. The smallest absolute Gasteiger partial charge is 0.388 e. The molecule has 33 heavy (non-hydrogen) atoms. The fraction of sp³-hybridized carbons (Fsp3) is 0.688. The number of H-pyrrole nitrogens is 1. The number of anilines is 1. The lowest BCUT2D eigenvalue weighted by molar-refractivity contribution is -0.745. The lowest BCUT2D eigenvalue weighted by Crippen LogP contribution is -2.46. The summed E-state index contributed by atoms with van der Waals surface area (Å²) in [5.41, 5.74) is 5.42. The molecule has 17 heteroatoms. The molecule has 0 bridgehead atoms. The number of aromatic amines is 1. The molecule has 15 nitrogen and oxygen atoms in total. The van der Waals surface area contributed by atoms with Crippen LogP contribution in [0.4, 0.5) is 5.95 Å². The topological polar surface area (TPSA) is 215 Å². The standard InChI is InChI=1S/C16H22BN5O10P/c1-21-4-22(13-7(21)14(27)20-16(18)19-13)15-11(26)9(24)6(32-15)3-30-33(28)29-2-5-8(23)10(25)12(17)31-5/h4-6,8-12,15,23-26H,2-3H2,1H3,(H2-,18,19,20,27)/q+1/p+1/t5-,6-,8+,9+,10?,11?,12-,15-/m1/s1. The molecular formula is C16H23BN5O10P+2.